The Morgan fingerprint density at radius 2 is 2.06 bits per heavy atom. The van der Waals surface area contributed by atoms with E-state index in [-0.39, 0.29) is 6.10 Å². The van der Waals surface area contributed by atoms with E-state index in [2.05, 4.69) is 27.4 Å². The molecule has 4 heterocycles. The largest absolute Gasteiger partial charge is 0.488 e. The van der Waals surface area contributed by atoms with Gasteiger partial charge in [-0.2, -0.15) is 0 Å². The Hall–Kier alpha value is -3.16. The molecular formula is C24H25N3O4. The minimum Gasteiger partial charge on any atom is -0.488 e. The number of benzene rings is 1. The molecule has 4 aromatic rings. The molecule has 160 valence electrons. The van der Waals surface area contributed by atoms with Crippen LogP contribution in [0.5, 0.6) is 11.6 Å². The van der Waals surface area contributed by atoms with Crippen LogP contribution in [0.1, 0.15) is 18.6 Å². The number of ether oxygens (including phenoxy) is 3. The van der Waals surface area contributed by atoms with Crippen molar-refractivity contribution in [2.24, 2.45) is 0 Å². The van der Waals surface area contributed by atoms with Gasteiger partial charge in [0.1, 0.15) is 29.2 Å². The van der Waals surface area contributed by atoms with Crippen molar-refractivity contribution in [2.45, 2.75) is 31.5 Å². The molecular weight excluding hydrogens is 394 g/mol. The van der Waals surface area contributed by atoms with E-state index in [1.54, 1.807) is 19.4 Å². The molecule has 0 amide bonds. The van der Waals surface area contributed by atoms with Crippen molar-refractivity contribution in [3.8, 4) is 11.6 Å². The molecule has 7 nitrogen and oxygen atoms in total. The summed E-state index contributed by atoms with van der Waals surface area (Å²) in [6, 6.07) is 16.0. The molecule has 0 radical (unpaired) electrons. The van der Waals surface area contributed by atoms with E-state index in [1.807, 2.05) is 30.3 Å². The summed E-state index contributed by atoms with van der Waals surface area (Å²) in [6.45, 7) is 1.83. The molecule has 0 aliphatic carbocycles. The van der Waals surface area contributed by atoms with Crippen LogP contribution in [-0.4, -0.2) is 42.4 Å². The fourth-order valence-electron chi connectivity index (χ4n) is 3.86. The fraction of sp³-hybridized carbons (Fsp3) is 0.333. The zero-order valence-electron chi connectivity index (χ0n) is 17.4. The number of nitrogens with one attached hydrogen (secondary N) is 1. The Bertz CT molecular complexity index is 1130. The zero-order chi connectivity index (χ0) is 21.0. The number of methoxy groups -OCH3 is 1. The minimum absolute atomic E-state index is 0.0538. The minimum atomic E-state index is 0.0538. The number of aromatic nitrogens is 2. The number of nitrogens with zero attached hydrogens (tertiary/aromatic N) is 2. The first-order chi connectivity index (χ1) is 15.3. The monoisotopic (exact) mass is 419 g/mol. The van der Waals surface area contributed by atoms with Gasteiger partial charge in [-0.3, -0.25) is 4.98 Å². The number of pyridine rings is 2. The second kappa shape index (κ2) is 8.91. The van der Waals surface area contributed by atoms with E-state index in [4.69, 9.17) is 18.6 Å². The van der Waals surface area contributed by atoms with Gasteiger partial charge in [-0.15, -0.1) is 0 Å². The van der Waals surface area contributed by atoms with E-state index in [9.17, 15) is 0 Å². The normalized spacial score (nSPS) is 19.0. The molecule has 3 aromatic heterocycles. The lowest BCUT2D eigenvalue weighted by molar-refractivity contribution is -0.0264. The Balaban J connectivity index is 1.12. The summed E-state index contributed by atoms with van der Waals surface area (Å²) in [7, 11) is 1.60. The Kier molecular flexibility index (Phi) is 5.69. The van der Waals surface area contributed by atoms with Gasteiger partial charge in [0.25, 0.3) is 0 Å². The topological polar surface area (TPSA) is 78.6 Å². The van der Waals surface area contributed by atoms with Gasteiger partial charge in [-0.25, -0.2) is 4.98 Å². The molecule has 5 rings (SSSR count). The third kappa shape index (κ3) is 4.47. The summed E-state index contributed by atoms with van der Waals surface area (Å²) in [5, 5.41) is 4.67. The van der Waals surface area contributed by atoms with Crippen molar-refractivity contribution < 1.29 is 18.6 Å². The van der Waals surface area contributed by atoms with Crippen LogP contribution in [0.25, 0.3) is 22.0 Å². The SMILES string of the molecule is COc1ccc2nccc(OC[C@@H]3CC[C@@H](NCc4cc5ccccc5o4)CO3)c2n1. The van der Waals surface area contributed by atoms with Crippen LogP contribution in [-0.2, 0) is 11.3 Å². The highest BCUT2D eigenvalue weighted by Gasteiger charge is 2.22. The quantitative estimate of drug-likeness (QED) is 0.483. The van der Waals surface area contributed by atoms with Crippen LogP contribution in [0.3, 0.4) is 0 Å². The molecule has 1 aromatic carbocycles. The molecule has 31 heavy (non-hydrogen) atoms. The average molecular weight is 419 g/mol. The summed E-state index contributed by atoms with van der Waals surface area (Å²) in [4.78, 5) is 8.80. The number of rotatable bonds is 7. The van der Waals surface area contributed by atoms with E-state index in [0.717, 1.165) is 35.1 Å². The van der Waals surface area contributed by atoms with Gasteiger partial charge in [0.05, 0.1) is 31.9 Å². The lowest BCUT2D eigenvalue weighted by Gasteiger charge is -2.29. The Labute approximate surface area is 180 Å². The van der Waals surface area contributed by atoms with Gasteiger partial charge in [-0.1, -0.05) is 18.2 Å². The number of fused-ring (bicyclic) bond motifs is 2. The van der Waals surface area contributed by atoms with Crippen molar-refractivity contribution in [1.82, 2.24) is 15.3 Å². The first kappa shape index (κ1) is 19.8. The van der Waals surface area contributed by atoms with E-state index in [1.165, 1.54) is 0 Å². The maximum atomic E-state index is 6.04. The molecule has 0 unspecified atom stereocenters. The lowest BCUT2D eigenvalue weighted by atomic mass is 10.1. The molecule has 2 atom stereocenters. The van der Waals surface area contributed by atoms with Crippen LogP contribution < -0.4 is 14.8 Å². The van der Waals surface area contributed by atoms with Crippen molar-refractivity contribution in [1.29, 1.82) is 0 Å². The van der Waals surface area contributed by atoms with Gasteiger partial charge in [0, 0.05) is 29.8 Å². The summed E-state index contributed by atoms with van der Waals surface area (Å²) < 4.78 is 23.2. The molecule has 7 heteroatoms. The van der Waals surface area contributed by atoms with Crippen LogP contribution >= 0.6 is 0 Å². The van der Waals surface area contributed by atoms with Crippen LogP contribution in [0, 0.1) is 0 Å². The molecule has 1 fully saturated rings. The van der Waals surface area contributed by atoms with Crippen LogP contribution in [0.2, 0.25) is 0 Å². The molecule has 0 spiro atoms. The summed E-state index contributed by atoms with van der Waals surface area (Å²) in [6.07, 6.45) is 3.73. The molecule has 0 bridgehead atoms. The summed E-state index contributed by atoms with van der Waals surface area (Å²) >= 11 is 0. The summed E-state index contributed by atoms with van der Waals surface area (Å²) in [5.74, 6) is 2.18. The number of furan rings is 1. The standard InChI is InChI=1S/C24H25N3O4/c1-28-23-9-8-20-24(27-23)22(10-11-25-20)30-15-18-7-6-17(14-29-18)26-13-19-12-16-4-2-3-5-21(16)31-19/h2-5,8-12,17-18,26H,6-7,13-15H2,1H3/t17-,18+/m1/s1. The third-order valence-electron chi connectivity index (χ3n) is 5.57. The molecule has 1 aliphatic rings. The van der Waals surface area contributed by atoms with Crippen LogP contribution in [0.15, 0.2) is 59.1 Å². The van der Waals surface area contributed by atoms with E-state index in [0.29, 0.717) is 42.9 Å². The highest BCUT2D eigenvalue weighted by Crippen LogP contribution is 2.25. The summed E-state index contributed by atoms with van der Waals surface area (Å²) in [5.41, 5.74) is 2.40. The zero-order valence-corrected chi connectivity index (χ0v) is 17.4. The molecule has 1 saturated heterocycles. The lowest BCUT2D eigenvalue weighted by Crippen LogP contribution is -2.41. The molecule has 0 saturated carbocycles. The molecule has 1 N–H and O–H groups in total. The van der Waals surface area contributed by atoms with Gasteiger partial charge in [0.2, 0.25) is 5.88 Å². The van der Waals surface area contributed by atoms with Gasteiger partial charge >= 0.3 is 0 Å². The second-order valence-corrected chi connectivity index (χ2v) is 7.70. The van der Waals surface area contributed by atoms with Gasteiger partial charge in [-0.05, 0) is 31.0 Å². The van der Waals surface area contributed by atoms with Crippen LogP contribution in [0.4, 0.5) is 0 Å². The smallest absolute Gasteiger partial charge is 0.213 e. The number of hydrogen-bond acceptors (Lipinski definition) is 7. The maximum absolute atomic E-state index is 6.04. The first-order valence-corrected chi connectivity index (χ1v) is 10.5. The van der Waals surface area contributed by atoms with Crippen molar-refractivity contribution >= 4 is 22.0 Å². The first-order valence-electron chi connectivity index (χ1n) is 10.5. The highest BCUT2D eigenvalue weighted by molar-refractivity contribution is 5.81. The predicted molar refractivity (Wildman–Crippen MR) is 117 cm³/mol. The fourth-order valence-corrected chi connectivity index (χ4v) is 3.86. The third-order valence-corrected chi connectivity index (χ3v) is 5.57. The maximum Gasteiger partial charge on any atom is 0.213 e. The van der Waals surface area contributed by atoms with Crippen molar-refractivity contribution in [3.05, 3.63) is 60.5 Å². The van der Waals surface area contributed by atoms with Gasteiger partial charge in [0.15, 0.2) is 0 Å². The Morgan fingerprint density at radius 3 is 2.90 bits per heavy atom. The number of hydrogen-bond donors (Lipinski definition) is 1. The van der Waals surface area contributed by atoms with E-state index >= 15 is 0 Å². The highest BCUT2D eigenvalue weighted by atomic mass is 16.5. The van der Waals surface area contributed by atoms with Crippen molar-refractivity contribution in [3.63, 3.8) is 0 Å². The van der Waals surface area contributed by atoms with Gasteiger partial charge < -0.3 is 23.9 Å². The number of para-hydroxylation sites is 1. The second-order valence-electron chi connectivity index (χ2n) is 7.70. The average Bonchev–Trinajstić information content (AvgIpc) is 3.25. The van der Waals surface area contributed by atoms with E-state index < -0.39 is 0 Å². The predicted octanol–water partition coefficient (Wildman–Crippen LogP) is 4.10. The Morgan fingerprint density at radius 1 is 1.13 bits per heavy atom. The van der Waals surface area contributed by atoms with Crippen molar-refractivity contribution in [2.75, 3.05) is 20.3 Å². The molecule has 1 aliphatic heterocycles.